The van der Waals surface area contributed by atoms with Crippen molar-refractivity contribution in [1.29, 1.82) is 0 Å². The molecule has 0 aliphatic carbocycles. The molecule has 0 spiro atoms. The summed E-state index contributed by atoms with van der Waals surface area (Å²) in [6, 6.07) is 5.60. The van der Waals surface area contributed by atoms with Gasteiger partial charge >= 0.3 is 0 Å². The summed E-state index contributed by atoms with van der Waals surface area (Å²) in [6.07, 6.45) is 2.96. The number of benzene rings is 1. The lowest BCUT2D eigenvalue weighted by molar-refractivity contribution is 0.0719. The van der Waals surface area contributed by atoms with Gasteiger partial charge in [0.2, 0.25) is 5.89 Å². The van der Waals surface area contributed by atoms with Crippen LogP contribution in [0.25, 0.3) is 0 Å². The molecule has 0 radical (unpaired) electrons. The average molecular weight is 403 g/mol. The number of hydrogen-bond donors (Lipinski definition) is 1. The molecule has 7 heteroatoms. The summed E-state index contributed by atoms with van der Waals surface area (Å²) in [5.41, 5.74) is 0.456. The molecule has 2 amide bonds. The van der Waals surface area contributed by atoms with Crippen LogP contribution in [0, 0.1) is 17.7 Å². The van der Waals surface area contributed by atoms with Crippen molar-refractivity contribution in [2.75, 3.05) is 13.1 Å². The van der Waals surface area contributed by atoms with Gasteiger partial charge in [0, 0.05) is 18.7 Å². The van der Waals surface area contributed by atoms with Crippen LogP contribution in [-0.2, 0) is 6.54 Å². The van der Waals surface area contributed by atoms with E-state index in [0.717, 1.165) is 12.8 Å². The van der Waals surface area contributed by atoms with Gasteiger partial charge in [-0.2, -0.15) is 0 Å². The Labute approximate surface area is 171 Å². The normalized spacial score (nSPS) is 11.1. The molecule has 2 rings (SSSR count). The van der Waals surface area contributed by atoms with Crippen molar-refractivity contribution in [2.45, 2.75) is 47.1 Å². The first-order valence-corrected chi connectivity index (χ1v) is 10.0. The van der Waals surface area contributed by atoms with E-state index in [2.05, 4.69) is 38.0 Å². The van der Waals surface area contributed by atoms with Crippen molar-refractivity contribution in [3.05, 3.63) is 53.5 Å². The molecule has 0 unspecified atom stereocenters. The van der Waals surface area contributed by atoms with E-state index in [0.29, 0.717) is 24.9 Å². The number of carbonyl (C=O) groups excluding carboxylic acids is 2. The van der Waals surface area contributed by atoms with Crippen molar-refractivity contribution in [2.24, 2.45) is 11.8 Å². The first kappa shape index (κ1) is 22.6. The Morgan fingerprint density at radius 3 is 2.55 bits per heavy atom. The molecule has 1 N–H and O–H groups in total. The van der Waals surface area contributed by atoms with Crippen molar-refractivity contribution in [3.63, 3.8) is 0 Å². The smallest absolute Gasteiger partial charge is 0.273 e. The maximum absolute atomic E-state index is 13.5. The molecule has 0 saturated carbocycles. The average Bonchev–Trinajstić information content (AvgIpc) is 3.12. The molecule has 6 nitrogen and oxygen atoms in total. The lowest BCUT2D eigenvalue weighted by Gasteiger charge is -2.22. The number of nitrogens with zero attached hydrogens (tertiary/aromatic N) is 2. The maximum atomic E-state index is 13.5. The summed E-state index contributed by atoms with van der Waals surface area (Å²) in [7, 11) is 0. The highest BCUT2D eigenvalue weighted by Crippen LogP contribution is 2.14. The quantitative estimate of drug-likeness (QED) is 0.642. The van der Waals surface area contributed by atoms with Crippen molar-refractivity contribution >= 4 is 11.8 Å². The monoisotopic (exact) mass is 403 g/mol. The fourth-order valence-electron chi connectivity index (χ4n) is 2.69. The van der Waals surface area contributed by atoms with Crippen LogP contribution in [0.1, 0.15) is 67.3 Å². The summed E-state index contributed by atoms with van der Waals surface area (Å²) in [5, 5.41) is 2.81. The van der Waals surface area contributed by atoms with Gasteiger partial charge in [0.15, 0.2) is 5.69 Å². The van der Waals surface area contributed by atoms with E-state index >= 15 is 0 Å². The highest BCUT2D eigenvalue weighted by atomic mass is 19.1. The molecular weight excluding hydrogens is 373 g/mol. The van der Waals surface area contributed by atoms with Gasteiger partial charge < -0.3 is 14.6 Å². The van der Waals surface area contributed by atoms with Crippen LogP contribution in [0.5, 0.6) is 0 Å². The number of rotatable bonds is 10. The number of aromatic nitrogens is 1. The van der Waals surface area contributed by atoms with Crippen LogP contribution in [-0.4, -0.2) is 34.8 Å². The van der Waals surface area contributed by atoms with Gasteiger partial charge in [-0.3, -0.25) is 9.59 Å². The summed E-state index contributed by atoms with van der Waals surface area (Å²) in [5.74, 6) is 0.0944. The van der Waals surface area contributed by atoms with E-state index in [-0.39, 0.29) is 35.5 Å². The molecule has 1 aromatic heterocycles. The largest absolute Gasteiger partial charge is 0.446 e. The SMILES string of the molecule is CC(C)CCNC(=O)c1coc(CN(CCC(C)C)C(=O)c2cccc(F)c2)n1. The number of hydrogen-bond acceptors (Lipinski definition) is 4. The van der Waals surface area contributed by atoms with Gasteiger partial charge in [0.05, 0.1) is 6.54 Å². The van der Waals surface area contributed by atoms with Crippen LogP contribution in [0.3, 0.4) is 0 Å². The number of carbonyl (C=O) groups is 2. The maximum Gasteiger partial charge on any atom is 0.273 e. The van der Waals surface area contributed by atoms with Gasteiger partial charge in [-0.1, -0.05) is 33.8 Å². The highest BCUT2D eigenvalue weighted by Gasteiger charge is 2.20. The van der Waals surface area contributed by atoms with E-state index in [9.17, 15) is 14.0 Å². The molecule has 1 aromatic carbocycles. The topological polar surface area (TPSA) is 75.4 Å². The lowest BCUT2D eigenvalue weighted by atomic mass is 10.1. The Morgan fingerprint density at radius 1 is 1.17 bits per heavy atom. The molecule has 0 bridgehead atoms. The Bertz CT molecular complexity index is 817. The van der Waals surface area contributed by atoms with E-state index < -0.39 is 5.82 Å². The zero-order valence-corrected chi connectivity index (χ0v) is 17.6. The van der Waals surface area contributed by atoms with E-state index in [4.69, 9.17) is 4.42 Å². The molecular formula is C22H30FN3O3. The third kappa shape index (κ3) is 7.33. The second-order valence-corrected chi connectivity index (χ2v) is 7.98. The number of amides is 2. The second-order valence-electron chi connectivity index (χ2n) is 7.98. The van der Waals surface area contributed by atoms with Crippen LogP contribution in [0.4, 0.5) is 4.39 Å². The third-order valence-corrected chi connectivity index (χ3v) is 4.45. The predicted octanol–water partition coefficient (Wildman–Crippen LogP) is 4.28. The van der Waals surface area contributed by atoms with E-state index in [1.54, 1.807) is 11.0 Å². The minimum Gasteiger partial charge on any atom is -0.446 e. The summed E-state index contributed by atoms with van der Waals surface area (Å²) < 4.78 is 19.0. The van der Waals surface area contributed by atoms with Crippen molar-refractivity contribution in [3.8, 4) is 0 Å². The summed E-state index contributed by atoms with van der Waals surface area (Å²) in [6.45, 7) is 9.46. The summed E-state index contributed by atoms with van der Waals surface area (Å²) >= 11 is 0. The predicted molar refractivity (Wildman–Crippen MR) is 109 cm³/mol. The number of nitrogens with one attached hydrogen (secondary N) is 1. The first-order valence-electron chi connectivity index (χ1n) is 10.0. The van der Waals surface area contributed by atoms with Crippen LogP contribution >= 0.6 is 0 Å². The molecule has 29 heavy (non-hydrogen) atoms. The van der Waals surface area contributed by atoms with E-state index in [1.165, 1.54) is 24.5 Å². The Balaban J connectivity index is 2.08. The Hall–Kier alpha value is -2.70. The van der Waals surface area contributed by atoms with Crippen LogP contribution < -0.4 is 5.32 Å². The summed E-state index contributed by atoms with van der Waals surface area (Å²) in [4.78, 5) is 30.8. The second kappa shape index (κ2) is 10.7. The fraction of sp³-hybridized carbons (Fsp3) is 0.500. The van der Waals surface area contributed by atoms with Crippen molar-refractivity contribution < 1.29 is 18.4 Å². The van der Waals surface area contributed by atoms with Gasteiger partial charge in [-0.05, 0) is 42.9 Å². The fourth-order valence-corrected chi connectivity index (χ4v) is 2.69. The van der Waals surface area contributed by atoms with Crippen LogP contribution in [0.2, 0.25) is 0 Å². The van der Waals surface area contributed by atoms with E-state index in [1.807, 2.05) is 0 Å². The molecule has 0 saturated heterocycles. The molecule has 158 valence electrons. The number of halogens is 1. The zero-order valence-electron chi connectivity index (χ0n) is 17.6. The van der Waals surface area contributed by atoms with Gasteiger partial charge in [0.1, 0.15) is 12.1 Å². The molecule has 0 aliphatic heterocycles. The number of oxazole rings is 1. The molecule has 0 fully saturated rings. The van der Waals surface area contributed by atoms with Gasteiger partial charge in [-0.25, -0.2) is 9.37 Å². The minimum absolute atomic E-state index is 0.112. The Kier molecular flexibility index (Phi) is 8.36. The van der Waals surface area contributed by atoms with Gasteiger partial charge in [0.25, 0.3) is 11.8 Å². The lowest BCUT2D eigenvalue weighted by Crippen LogP contribution is -2.32. The van der Waals surface area contributed by atoms with Gasteiger partial charge in [-0.15, -0.1) is 0 Å². The van der Waals surface area contributed by atoms with Crippen LogP contribution in [0.15, 0.2) is 34.9 Å². The minimum atomic E-state index is -0.462. The third-order valence-electron chi connectivity index (χ3n) is 4.45. The molecule has 0 atom stereocenters. The molecule has 2 aromatic rings. The molecule has 1 heterocycles. The highest BCUT2D eigenvalue weighted by molar-refractivity contribution is 5.94. The van der Waals surface area contributed by atoms with Crippen molar-refractivity contribution in [1.82, 2.24) is 15.2 Å². The first-order chi connectivity index (χ1) is 13.8. The zero-order chi connectivity index (χ0) is 21.4. The molecule has 0 aliphatic rings. The standard InChI is InChI=1S/C22H30FN3O3/c1-15(2)8-10-24-21(27)19-14-29-20(25-19)13-26(11-9-16(3)4)22(28)17-6-5-7-18(23)12-17/h5-7,12,14-16H,8-11,13H2,1-4H3,(H,24,27). The Morgan fingerprint density at radius 2 is 1.90 bits per heavy atom.